The summed E-state index contributed by atoms with van der Waals surface area (Å²) in [6.45, 7) is 5.94. The van der Waals surface area contributed by atoms with Gasteiger partial charge in [-0.3, -0.25) is 0 Å². The zero-order valence-electron chi connectivity index (χ0n) is 8.12. The lowest BCUT2D eigenvalue weighted by Gasteiger charge is -2.17. The molecule has 0 spiro atoms. The monoisotopic (exact) mass is 219 g/mol. The van der Waals surface area contributed by atoms with E-state index in [9.17, 15) is 0 Å². The van der Waals surface area contributed by atoms with Crippen molar-refractivity contribution >= 4 is 28.3 Å². The van der Waals surface area contributed by atoms with Gasteiger partial charge in [0.25, 0.3) is 0 Å². The van der Waals surface area contributed by atoms with E-state index >= 15 is 0 Å². The fourth-order valence-electron chi connectivity index (χ4n) is 1.32. The molecule has 0 atom stereocenters. The van der Waals surface area contributed by atoms with Crippen LogP contribution in [0.1, 0.15) is 19.8 Å². The fourth-order valence-corrected chi connectivity index (χ4v) is 2.50. The third-order valence-corrected chi connectivity index (χ3v) is 3.51. The van der Waals surface area contributed by atoms with Crippen molar-refractivity contribution in [3.63, 3.8) is 0 Å². The van der Waals surface area contributed by atoms with E-state index in [2.05, 4.69) is 4.90 Å². The third-order valence-electron chi connectivity index (χ3n) is 2.02. The zero-order chi connectivity index (χ0) is 9.52. The highest BCUT2D eigenvalue weighted by Gasteiger charge is 2.14. The second kappa shape index (κ2) is 6.62. The summed E-state index contributed by atoms with van der Waals surface area (Å²) in [7, 11) is 0. The van der Waals surface area contributed by atoms with Gasteiger partial charge < -0.3 is 9.64 Å². The number of thiocarbonyl (C=S) groups is 1. The molecule has 0 radical (unpaired) electrons. The number of ether oxygens (including phenoxy) is 1. The number of likely N-dealkylation sites (tertiary alicyclic amines) is 1. The van der Waals surface area contributed by atoms with Gasteiger partial charge in [-0.15, -0.1) is 0 Å². The van der Waals surface area contributed by atoms with Gasteiger partial charge in [0, 0.05) is 25.4 Å². The molecule has 0 aromatic heterocycles. The highest BCUT2D eigenvalue weighted by Crippen LogP contribution is 2.15. The summed E-state index contributed by atoms with van der Waals surface area (Å²) < 4.78 is 6.30. The zero-order valence-corrected chi connectivity index (χ0v) is 9.75. The van der Waals surface area contributed by atoms with Crippen molar-refractivity contribution < 1.29 is 4.74 Å². The van der Waals surface area contributed by atoms with Crippen LogP contribution >= 0.6 is 24.0 Å². The van der Waals surface area contributed by atoms with Crippen molar-refractivity contribution in [2.24, 2.45) is 0 Å². The quantitative estimate of drug-likeness (QED) is 0.530. The van der Waals surface area contributed by atoms with E-state index in [-0.39, 0.29) is 0 Å². The van der Waals surface area contributed by atoms with E-state index in [1.807, 2.05) is 6.92 Å². The van der Waals surface area contributed by atoms with Crippen LogP contribution in [0.15, 0.2) is 0 Å². The molecule has 0 aromatic carbocycles. The Labute approximate surface area is 90.0 Å². The molecule has 76 valence electrons. The minimum atomic E-state index is 0.803. The van der Waals surface area contributed by atoms with Crippen LogP contribution in [-0.2, 0) is 4.74 Å². The summed E-state index contributed by atoms with van der Waals surface area (Å²) >= 11 is 7.04. The van der Waals surface area contributed by atoms with Crippen LogP contribution in [0.5, 0.6) is 0 Å². The Kier molecular flexibility index (Phi) is 5.75. The SMILES string of the molecule is CCOCCSC(=S)N1CCCC1. The Morgan fingerprint density at radius 1 is 1.46 bits per heavy atom. The number of hydrogen-bond acceptors (Lipinski definition) is 3. The molecule has 0 saturated carbocycles. The Bertz CT molecular complexity index is 158. The summed E-state index contributed by atoms with van der Waals surface area (Å²) in [4.78, 5) is 2.30. The molecule has 1 heterocycles. The van der Waals surface area contributed by atoms with Gasteiger partial charge in [0.15, 0.2) is 0 Å². The minimum absolute atomic E-state index is 0.803. The predicted molar refractivity (Wildman–Crippen MR) is 62.4 cm³/mol. The van der Waals surface area contributed by atoms with Gasteiger partial charge in [0.1, 0.15) is 4.32 Å². The van der Waals surface area contributed by atoms with E-state index in [1.165, 1.54) is 12.8 Å². The standard InChI is InChI=1S/C9H17NOS2/c1-2-11-7-8-13-9(12)10-5-3-4-6-10/h2-8H2,1H3. The molecule has 0 aliphatic carbocycles. The summed E-state index contributed by atoms with van der Waals surface area (Å²) in [5.74, 6) is 0.989. The van der Waals surface area contributed by atoms with Gasteiger partial charge in [-0.2, -0.15) is 0 Å². The van der Waals surface area contributed by atoms with Crippen LogP contribution in [0, 0.1) is 0 Å². The van der Waals surface area contributed by atoms with Crippen molar-refractivity contribution in [3.8, 4) is 0 Å². The third kappa shape index (κ3) is 4.29. The number of rotatable bonds is 4. The van der Waals surface area contributed by atoms with Crippen molar-refractivity contribution in [1.82, 2.24) is 4.90 Å². The van der Waals surface area contributed by atoms with Gasteiger partial charge in [0.05, 0.1) is 6.61 Å². The normalized spacial score (nSPS) is 16.5. The highest BCUT2D eigenvalue weighted by molar-refractivity contribution is 8.22. The molecular formula is C9H17NOS2. The van der Waals surface area contributed by atoms with Crippen LogP contribution in [0.4, 0.5) is 0 Å². The molecule has 0 N–H and O–H groups in total. The summed E-state index contributed by atoms with van der Waals surface area (Å²) in [5, 5.41) is 0. The Morgan fingerprint density at radius 3 is 2.77 bits per heavy atom. The van der Waals surface area contributed by atoms with Crippen LogP contribution in [-0.4, -0.2) is 41.3 Å². The molecule has 13 heavy (non-hydrogen) atoms. The molecular weight excluding hydrogens is 202 g/mol. The number of nitrogens with zero attached hydrogens (tertiary/aromatic N) is 1. The van der Waals surface area contributed by atoms with Gasteiger partial charge in [0.2, 0.25) is 0 Å². The predicted octanol–water partition coefficient (Wildman–Crippen LogP) is 2.14. The first-order valence-corrected chi connectivity index (χ1v) is 6.23. The molecule has 1 aliphatic rings. The first kappa shape index (κ1) is 11.3. The van der Waals surface area contributed by atoms with E-state index in [0.717, 1.165) is 36.4 Å². The van der Waals surface area contributed by atoms with Gasteiger partial charge in [-0.1, -0.05) is 24.0 Å². The molecule has 0 aromatic rings. The van der Waals surface area contributed by atoms with E-state index < -0.39 is 0 Å². The average Bonchev–Trinajstić information content (AvgIpc) is 2.65. The number of thioether (sulfide) groups is 1. The largest absolute Gasteiger partial charge is 0.381 e. The molecule has 2 nitrogen and oxygen atoms in total. The molecule has 4 heteroatoms. The van der Waals surface area contributed by atoms with Crippen molar-refractivity contribution in [2.45, 2.75) is 19.8 Å². The lowest BCUT2D eigenvalue weighted by atomic mass is 10.4. The van der Waals surface area contributed by atoms with E-state index in [0.29, 0.717) is 0 Å². The molecule has 1 saturated heterocycles. The topological polar surface area (TPSA) is 12.5 Å². The molecule has 1 rings (SSSR count). The lowest BCUT2D eigenvalue weighted by molar-refractivity contribution is 0.164. The van der Waals surface area contributed by atoms with Crippen LogP contribution < -0.4 is 0 Å². The summed E-state index contributed by atoms with van der Waals surface area (Å²) in [6.07, 6.45) is 2.60. The van der Waals surface area contributed by atoms with Crippen LogP contribution in [0.3, 0.4) is 0 Å². The molecule has 0 amide bonds. The van der Waals surface area contributed by atoms with Gasteiger partial charge in [-0.05, 0) is 19.8 Å². The Morgan fingerprint density at radius 2 is 2.15 bits per heavy atom. The summed E-state index contributed by atoms with van der Waals surface area (Å²) in [5.41, 5.74) is 0. The smallest absolute Gasteiger partial charge is 0.136 e. The summed E-state index contributed by atoms with van der Waals surface area (Å²) in [6, 6.07) is 0. The second-order valence-corrected chi connectivity index (χ2v) is 4.73. The molecule has 1 aliphatic heterocycles. The van der Waals surface area contributed by atoms with Crippen LogP contribution in [0.25, 0.3) is 0 Å². The Balaban J connectivity index is 2.03. The number of hydrogen-bond donors (Lipinski definition) is 0. The van der Waals surface area contributed by atoms with Gasteiger partial charge in [-0.25, -0.2) is 0 Å². The van der Waals surface area contributed by atoms with Crippen LogP contribution in [0.2, 0.25) is 0 Å². The lowest BCUT2D eigenvalue weighted by Crippen LogP contribution is -2.23. The fraction of sp³-hybridized carbons (Fsp3) is 0.889. The highest BCUT2D eigenvalue weighted by atomic mass is 32.2. The minimum Gasteiger partial charge on any atom is -0.381 e. The van der Waals surface area contributed by atoms with E-state index in [1.54, 1.807) is 11.8 Å². The maximum absolute atomic E-state index is 5.30. The Hall–Kier alpha value is 0.200. The second-order valence-electron chi connectivity index (χ2n) is 3.01. The van der Waals surface area contributed by atoms with E-state index in [4.69, 9.17) is 17.0 Å². The van der Waals surface area contributed by atoms with Crippen molar-refractivity contribution in [2.75, 3.05) is 32.1 Å². The van der Waals surface area contributed by atoms with Crippen molar-refractivity contribution in [1.29, 1.82) is 0 Å². The van der Waals surface area contributed by atoms with Crippen molar-refractivity contribution in [3.05, 3.63) is 0 Å². The maximum atomic E-state index is 5.30. The molecule has 0 unspecified atom stereocenters. The maximum Gasteiger partial charge on any atom is 0.136 e. The average molecular weight is 219 g/mol. The first-order valence-electron chi connectivity index (χ1n) is 4.84. The first-order chi connectivity index (χ1) is 6.34. The molecule has 0 bridgehead atoms. The van der Waals surface area contributed by atoms with Gasteiger partial charge >= 0.3 is 0 Å². The molecule has 1 fully saturated rings.